The maximum Gasteiger partial charge on any atom is 0.407 e. The highest BCUT2D eigenvalue weighted by atomic mass is 16.5. The molecule has 0 bridgehead atoms. The molecule has 0 aliphatic heterocycles. The van der Waals surface area contributed by atoms with Crippen LogP contribution in [0.3, 0.4) is 0 Å². The van der Waals surface area contributed by atoms with Gasteiger partial charge in [0.15, 0.2) is 5.54 Å². The van der Waals surface area contributed by atoms with Crippen LogP contribution in [0.4, 0.5) is 4.79 Å². The lowest BCUT2D eigenvalue weighted by Gasteiger charge is -2.25. The van der Waals surface area contributed by atoms with Gasteiger partial charge in [0.1, 0.15) is 6.61 Å². The third kappa shape index (κ3) is 5.02. The Hall–Kier alpha value is -4.57. The second-order valence-electron chi connectivity index (χ2n) is 8.23. The van der Waals surface area contributed by atoms with Crippen molar-refractivity contribution in [1.82, 2.24) is 10.6 Å². The van der Waals surface area contributed by atoms with Crippen LogP contribution in [-0.2, 0) is 19.9 Å². The van der Waals surface area contributed by atoms with Gasteiger partial charge in [0, 0.05) is 5.92 Å². The zero-order valence-corrected chi connectivity index (χ0v) is 19.1. The van der Waals surface area contributed by atoms with Crippen LogP contribution in [0, 0.1) is 11.8 Å². The van der Waals surface area contributed by atoms with Gasteiger partial charge >= 0.3 is 12.1 Å². The summed E-state index contributed by atoms with van der Waals surface area (Å²) in [6, 6.07) is 24.4. The molecule has 0 saturated heterocycles. The Morgan fingerprint density at radius 2 is 1.49 bits per heavy atom. The van der Waals surface area contributed by atoms with E-state index in [0.29, 0.717) is 5.56 Å². The van der Waals surface area contributed by atoms with Gasteiger partial charge in [-0.25, -0.2) is 9.59 Å². The molecule has 0 heterocycles. The minimum absolute atomic E-state index is 0.0586. The average Bonchev–Trinajstić information content (AvgIpc) is 3.19. The molecule has 7 heteroatoms. The first-order valence-electron chi connectivity index (χ1n) is 11.1. The van der Waals surface area contributed by atoms with E-state index in [-0.39, 0.29) is 19.1 Å². The molecule has 3 N–H and O–H groups in total. The molecule has 7 nitrogen and oxygen atoms in total. The molecule has 1 aliphatic rings. The molecule has 0 saturated carbocycles. The molecule has 0 radical (unpaired) electrons. The third-order valence-electron chi connectivity index (χ3n) is 6.01. The van der Waals surface area contributed by atoms with Gasteiger partial charge in [0.25, 0.3) is 5.91 Å². The molecule has 0 spiro atoms. The minimum atomic E-state index is -1.63. The van der Waals surface area contributed by atoms with Crippen molar-refractivity contribution in [3.63, 3.8) is 0 Å². The van der Waals surface area contributed by atoms with Crippen LogP contribution in [0.25, 0.3) is 11.1 Å². The Kier molecular flexibility index (Phi) is 6.83. The van der Waals surface area contributed by atoms with E-state index in [9.17, 15) is 19.5 Å². The summed E-state index contributed by atoms with van der Waals surface area (Å²) in [6.07, 6.45) is -0.652. The molecule has 0 fully saturated rings. The summed E-state index contributed by atoms with van der Waals surface area (Å²) in [6.45, 7) is 1.43. The Bertz CT molecular complexity index is 1280. The van der Waals surface area contributed by atoms with Crippen LogP contribution in [0.1, 0.15) is 29.5 Å². The number of rotatable bonds is 6. The van der Waals surface area contributed by atoms with E-state index >= 15 is 0 Å². The smallest absolute Gasteiger partial charge is 0.407 e. The van der Waals surface area contributed by atoms with E-state index in [1.54, 1.807) is 30.3 Å². The van der Waals surface area contributed by atoms with Crippen molar-refractivity contribution in [2.24, 2.45) is 0 Å². The highest BCUT2D eigenvalue weighted by molar-refractivity contribution is 5.97. The number of carbonyl (C=O) groups excluding carboxylic acids is 2. The third-order valence-corrected chi connectivity index (χ3v) is 6.01. The fourth-order valence-corrected chi connectivity index (χ4v) is 4.17. The van der Waals surface area contributed by atoms with Crippen molar-refractivity contribution in [2.45, 2.75) is 18.4 Å². The summed E-state index contributed by atoms with van der Waals surface area (Å²) in [5.41, 5.74) is 3.28. The fourth-order valence-electron chi connectivity index (χ4n) is 4.17. The molecule has 3 aromatic carbocycles. The van der Waals surface area contributed by atoms with Gasteiger partial charge in [-0.3, -0.25) is 4.79 Å². The molecule has 4 rings (SSSR count). The molecule has 0 aromatic heterocycles. The SMILES string of the molecule is CC(NC(=O)C#CCNC(=O)OCC1c2ccccc2-c2ccccc21)(C(=O)O)c1ccccc1. The lowest BCUT2D eigenvalue weighted by Crippen LogP contribution is -2.49. The molecule has 1 atom stereocenters. The Morgan fingerprint density at radius 3 is 2.09 bits per heavy atom. The number of hydrogen-bond donors (Lipinski definition) is 3. The molecule has 2 amide bonds. The summed E-state index contributed by atoms with van der Waals surface area (Å²) >= 11 is 0. The summed E-state index contributed by atoms with van der Waals surface area (Å²) in [5, 5.41) is 14.5. The first-order chi connectivity index (χ1) is 16.9. The van der Waals surface area contributed by atoms with E-state index in [1.807, 2.05) is 36.4 Å². The minimum Gasteiger partial charge on any atom is -0.479 e. The van der Waals surface area contributed by atoms with E-state index in [0.717, 1.165) is 22.3 Å². The Labute approximate surface area is 203 Å². The van der Waals surface area contributed by atoms with Crippen molar-refractivity contribution < 1.29 is 24.2 Å². The summed E-state index contributed by atoms with van der Waals surface area (Å²) in [7, 11) is 0. The van der Waals surface area contributed by atoms with Gasteiger partial charge in [-0.05, 0) is 40.7 Å². The first-order valence-corrected chi connectivity index (χ1v) is 11.1. The number of carboxylic acids is 1. The van der Waals surface area contributed by atoms with Crippen LogP contribution >= 0.6 is 0 Å². The Balaban J connectivity index is 1.30. The number of hydrogen-bond acceptors (Lipinski definition) is 4. The topological polar surface area (TPSA) is 105 Å². The second-order valence-corrected chi connectivity index (χ2v) is 8.23. The highest BCUT2D eigenvalue weighted by Gasteiger charge is 2.36. The van der Waals surface area contributed by atoms with Crippen molar-refractivity contribution in [3.05, 3.63) is 95.6 Å². The number of alkyl carbamates (subject to hydrolysis) is 1. The monoisotopic (exact) mass is 468 g/mol. The second kappa shape index (κ2) is 10.1. The van der Waals surface area contributed by atoms with Gasteiger partial charge < -0.3 is 20.5 Å². The van der Waals surface area contributed by atoms with E-state index in [4.69, 9.17) is 4.74 Å². The van der Waals surface area contributed by atoms with E-state index in [2.05, 4.69) is 34.6 Å². The largest absolute Gasteiger partial charge is 0.479 e. The molecule has 3 aromatic rings. The summed E-state index contributed by atoms with van der Waals surface area (Å²) in [5.74, 6) is 2.79. The number of amides is 2. The van der Waals surface area contributed by atoms with Crippen LogP contribution in [0.5, 0.6) is 0 Å². The molecule has 1 unspecified atom stereocenters. The summed E-state index contributed by atoms with van der Waals surface area (Å²) in [4.78, 5) is 36.2. The Morgan fingerprint density at radius 1 is 0.914 bits per heavy atom. The van der Waals surface area contributed by atoms with Crippen LogP contribution in [0.2, 0.25) is 0 Å². The highest BCUT2D eigenvalue weighted by Crippen LogP contribution is 2.44. The zero-order chi connectivity index (χ0) is 24.8. The lowest BCUT2D eigenvalue weighted by molar-refractivity contribution is -0.146. The van der Waals surface area contributed by atoms with Crippen molar-refractivity contribution in [3.8, 4) is 23.0 Å². The van der Waals surface area contributed by atoms with E-state index < -0.39 is 23.5 Å². The summed E-state index contributed by atoms with van der Waals surface area (Å²) < 4.78 is 5.42. The predicted molar refractivity (Wildman–Crippen MR) is 130 cm³/mol. The molecule has 35 heavy (non-hydrogen) atoms. The number of ether oxygens (including phenoxy) is 1. The van der Waals surface area contributed by atoms with Crippen molar-refractivity contribution in [2.75, 3.05) is 13.2 Å². The predicted octanol–water partition coefficient (Wildman–Crippen LogP) is 3.64. The average molecular weight is 469 g/mol. The van der Waals surface area contributed by atoms with Crippen LogP contribution < -0.4 is 10.6 Å². The quantitative estimate of drug-likeness (QED) is 0.479. The normalized spacial score (nSPS) is 13.3. The number of carbonyl (C=O) groups is 3. The number of fused-ring (bicyclic) bond motifs is 3. The van der Waals surface area contributed by atoms with Gasteiger partial charge in [0.2, 0.25) is 0 Å². The maximum atomic E-state index is 12.2. The van der Waals surface area contributed by atoms with Gasteiger partial charge in [-0.2, -0.15) is 0 Å². The standard InChI is InChI=1S/C28H24N2O5/c1-28(26(32)33,19-10-3-2-4-11-19)30-25(31)16-9-17-29-27(34)35-18-24-22-14-7-5-12-20(22)21-13-6-8-15-23(21)24/h2-8,10-15,24H,17-18H2,1H3,(H,29,34)(H,30,31)(H,32,33). The molecule has 176 valence electrons. The van der Waals surface area contributed by atoms with Gasteiger partial charge in [-0.1, -0.05) is 84.8 Å². The van der Waals surface area contributed by atoms with E-state index in [1.165, 1.54) is 6.92 Å². The molecular formula is C28H24N2O5. The number of benzene rings is 3. The maximum absolute atomic E-state index is 12.2. The van der Waals surface area contributed by atoms with Crippen LogP contribution in [-0.4, -0.2) is 36.2 Å². The molecule has 1 aliphatic carbocycles. The zero-order valence-electron chi connectivity index (χ0n) is 19.1. The van der Waals surface area contributed by atoms with Gasteiger partial charge in [-0.15, -0.1) is 0 Å². The van der Waals surface area contributed by atoms with Crippen LogP contribution in [0.15, 0.2) is 78.9 Å². The van der Waals surface area contributed by atoms with Crippen molar-refractivity contribution in [1.29, 1.82) is 0 Å². The van der Waals surface area contributed by atoms with Gasteiger partial charge in [0.05, 0.1) is 6.54 Å². The number of aliphatic carboxylic acids is 1. The molecular weight excluding hydrogens is 444 g/mol. The first kappa shape index (κ1) is 23.6. The number of nitrogens with one attached hydrogen (secondary N) is 2. The fraction of sp³-hybridized carbons (Fsp3) is 0.179. The lowest BCUT2D eigenvalue weighted by atomic mass is 9.92. The number of carboxylic acid groups (broad SMARTS) is 1. The van der Waals surface area contributed by atoms with Crippen molar-refractivity contribution >= 4 is 18.0 Å².